The van der Waals surface area contributed by atoms with Crippen LogP contribution in [0.15, 0.2) is 17.5 Å². The lowest BCUT2D eigenvalue weighted by atomic mass is 9.89. The topological polar surface area (TPSA) is 118 Å². The molecule has 1 aliphatic rings. The van der Waals surface area contributed by atoms with E-state index in [1.807, 2.05) is 13.8 Å². The van der Waals surface area contributed by atoms with Crippen LogP contribution in [0.3, 0.4) is 0 Å². The zero-order valence-electron chi connectivity index (χ0n) is 16.1. The lowest BCUT2D eigenvalue weighted by Crippen LogP contribution is -2.47. The number of carbonyl (C=O) groups excluding carboxylic acids is 1. The predicted octanol–water partition coefficient (Wildman–Crippen LogP) is 3.36. The van der Waals surface area contributed by atoms with Gasteiger partial charge in [-0.1, -0.05) is 20.3 Å². The molecule has 0 spiro atoms. The third kappa shape index (κ3) is 4.77. The first-order valence-corrected chi connectivity index (χ1v) is 9.08. The fourth-order valence-electron chi connectivity index (χ4n) is 3.34. The average Bonchev–Trinajstić information content (AvgIpc) is 2.63. The Balaban J connectivity index is 2.39. The third-order valence-electron chi connectivity index (χ3n) is 4.62. The van der Waals surface area contributed by atoms with Crippen molar-refractivity contribution in [1.82, 2.24) is 9.88 Å². The summed E-state index contributed by atoms with van der Waals surface area (Å²) in [6.07, 6.45) is -2.43. The molecule has 1 aliphatic heterocycles. The van der Waals surface area contributed by atoms with Crippen LogP contribution in [0.25, 0.3) is 0 Å². The molecular formula is C18H23F4N5O2. The lowest BCUT2D eigenvalue weighted by Gasteiger charge is -2.38. The zero-order valence-corrected chi connectivity index (χ0v) is 16.1. The highest BCUT2D eigenvalue weighted by Gasteiger charge is 2.37. The molecule has 1 atom stereocenters. The maximum Gasteiger partial charge on any atom is 0.574 e. The molecule has 5 N–H and O–H groups in total. The van der Waals surface area contributed by atoms with E-state index in [4.69, 9.17) is 16.9 Å². The Bertz CT molecular complexity index is 838. The highest BCUT2D eigenvalue weighted by Crippen LogP contribution is 2.32. The number of halogens is 4. The van der Waals surface area contributed by atoms with Crippen molar-refractivity contribution in [3.05, 3.63) is 28.8 Å². The molecule has 0 fully saturated rings. The van der Waals surface area contributed by atoms with Crippen LogP contribution in [0.1, 0.15) is 49.9 Å². The van der Waals surface area contributed by atoms with Gasteiger partial charge in [-0.15, -0.1) is 13.2 Å². The van der Waals surface area contributed by atoms with E-state index in [-0.39, 0.29) is 12.1 Å². The van der Waals surface area contributed by atoms with Crippen LogP contribution in [0.2, 0.25) is 0 Å². The molecule has 0 bridgehead atoms. The summed E-state index contributed by atoms with van der Waals surface area (Å²) in [7, 11) is 0. The molecule has 0 aliphatic carbocycles. The van der Waals surface area contributed by atoms with E-state index in [1.165, 1.54) is 4.90 Å². The Morgan fingerprint density at radius 1 is 1.38 bits per heavy atom. The van der Waals surface area contributed by atoms with E-state index < -0.39 is 35.7 Å². The van der Waals surface area contributed by atoms with Gasteiger partial charge in [0.15, 0.2) is 0 Å². The zero-order chi connectivity index (χ0) is 21.9. The smallest absolute Gasteiger partial charge is 0.402 e. The highest BCUT2D eigenvalue weighted by molar-refractivity contribution is 6.03. The van der Waals surface area contributed by atoms with E-state index in [2.05, 4.69) is 9.72 Å². The summed E-state index contributed by atoms with van der Waals surface area (Å²) in [4.78, 5) is 17.7. The van der Waals surface area contributed by atoms with Gasteiger partial charge in [-0.2, -0.15) is 4.39 Å². The molecule has 160 valence electrons. The first-order valence-electron chi connectivity index (χ1n) is 9.08. The summed E-state index contributed by atoms with van der Waals surface area (Å²) in [5.74, 6) is -3.62. The highest BCUT2D eigenvalue weighted by atomic mass is 19.4. The van der Waals surface area contributed by atoms with Crippen LogP contribution in [-0.2, 0) is 0 Å². The van der Waals surface area contributed by atoms with Crippen LogP contribution in [0, 0.1) is 11.2 Å². The largest absolute Gasteiger partial charge is 0.574 e. The molecular weight excluding hydrogens is 394 g/mol. The second-order valence-electron chi connectivity index (χ2n) is 6.59. The molecule has 0 radical (unpaired) electrons. The van der Waals surface area contributed by atoms with E-state index in [0.29, 0.717) is 36.2 Å². The van der Waals surface area contributed by atoms with Crippen LogP contribution in [0.5, 0.6) is 5.88 Å². The summed E-state index contributed by atoms with van der Waals surface area (Å²) in [5.41, 5.74) is 11.9. The number of amides is 1. The van der Waals surface area contributed by atoms with Crippen molar-refractivity contribution in [2.45, 2.75) is 51.9 Å². The molecule has 1 aromatic rings. The van der Waals surface area contributed by atoms with Crippen molar-refractivity contribution < 1.29 is 27.1 Å². The first-order chi connectivity index (χ1) is 13.5. The minimum atomic E-state index is -5.15. The monoisotopic (exact) mass is 417 g/mol. The number of nitrogens with zero attached hydrogens (tertiary/aromatic N) is 2. The van der Waals surface area contributed by atoms with E-state index >= 15 is 0 Å². The Kier molecular flexibility index (Phi) is 6.70. The van der Waals surface area contributed by atoms with Crippen molar-refractivity contribution in [2.24, 2.45) is 5.73 Å². The third-order valence-corrected chi connectivity index (χ3v) is 4.62. The lowest BCUT2D eigenvalue weighted by molar-refractivity contribution is -0.277. The summed E-state index contributed by atoms with van der Waals surface area (Å²) in [5, 5.41) is 8.27. The van der Waals surface area contributed by atoms with Gasteiger partial charge in [-0.05, 0) is 12.8 Å². The normalized spacial score (nSPS) is 17.4. The van der Waals surface area contributed by atoms with Crippen molar-refractivity contribution >= 4 is 17.3 Å². The first kappa shape index (κ1) is 22.4. The van der Waals surface area contributed by atoms with Gasteiger partial charge in [0.2, 0.25) is 5.82 Å². The molecule has 0 aromatic carbocycles. The number of anilines is 1. The summed E-state index contributed by atoms with van der Waals surface area (Å²) in [6, 6.07) is -0.524. The van der Waals surface area contributed by atoms with Crippen LogP contribution in [-0.4, -0.2) is 40.5 Å². The van der Waals surface area contributed by atoms with Crippen molar-refractivity contribution in [3.63, 3.8) is 0 Å². The Morgan fingerprint density at radius 2 is 2.03 bits per heavy atom. The minimum absolute atomic E-state index is 0.202. The number of nitrogens with one attached hydrogen (secondary N) is 1. The van der Waals surface area contributed by atoms with E-state index in [0.717, 1.165) is 12.6 Å². The van der Waals surface area contributed by atoms with E-state index in [9.17, 15) is 22.4 Å². The SMILES string of the molecule is CCCC(=N)C1=C(N)CCN(C(=O)c2cnc(OC(F)(F)F)c(F)c2N)C1CC. The van der Waals surface area contributed by atoms with Crippen LogP contribution >= 0.6 is 0 Å². The molecule has 2 heterocycles. The quantitative estimate of drug-likeness (QED) is 0.485. The minimum Gasteiger partial charge on any atom is -0.402 e. The molecule has 2 rings (SSSR count). The van der Waals surface area contributed by atoms with E-state index in [1.54, 1.807) is 0 Å². The van der Waals surface area contributed by atoms with Crippen molar-refractivity contribution in [3.8, 4) is 5.88 Å². The van der Waals surface area contributed by atoms with Gasteiger partial charge in [0.05, 0.1) is 17.3 Å². The number of ether oxygens (including phenoxy) is 1. The van der Waals surface area contributed by atoms with Gasteiger partial charge in [0.1, 0.15) is 0 Å². The molecule has 1 aromatic heterocycles. The second kappa shape index (κ2) is 8.66. The molecule has 11 heteroatoms. The molecule has 1 amide bonds. The van der Waals surface area contributed by atoms with Crippen LogP contribution < -0.4 is 16.2 Å². The van der Waals surface area contributed by atoms with Gasteiger partial charge < -0.3 is 26.5 Å². The van der Waals surface area contributed by atoms with Gasteiger partial charge in [0, 0.05) is 36.1 Å². The number of carbonyl (C=O) groups is 1. The molecule has 29 heavy (non-hydrogen) atoms. The molecule has 7 nitrogen and oxygen atoms in total. The summed E-state index contributed by atoms with van der Waals surface area (Å²) >= 11 is 0. The number of nitrogens with two attached hydrogens (primary N) is 2. The average molecular weight is 417 g/mol. The second-order valence-corrected chi connectivity index (χ2v) is 6.59. The Morgan fingerprint density at radius 3 is 2.59 bits per heavy atom. The summed E-state index contributed by atoms with van der Waals surface area (Å²) in [6.45, 7) is 3.93. The molecule has 0 saturated heterocycles. The predicted molar refractivity (Wildman–Crippen MR) is 98.9 cm³/mol. The maximum absolute atomic E-state index is 14.2. The molecule has 0 saturated carbocycles. The Hall–Kier alpha value is -2.85. The number of rotatable bonds is 6. The number of hydrogen-bond donors (Lipinski definition) is 3. The number of hydrogen-bond acceptors (Lipinski definition) is 6. The van der Waals surface area contributed by atoms with Gasteiger partial charge >= 0.3 is 6.36 Å². The summed E-state index contributed by atoms with van der Waals surface area (Å²) < 4.78 is 54.7. The number of nitrogen functional groups attached to an aromatic ring is 1. The van der Waals surface area contributed by atoms with Gasteiger partial charge in [-0.3, -0.25) is 4.79 Å². The molecule has 1 unspecified atom stereocenters. The van der Waals surface area contributed by atoms with Gasteiger partial charge in [0.25, 0.3) is 11.8 Å². The number of alkyl halides is 3. The van der Waals surface area contributed by atoms with Crippen molar-refractivity contribution in [1.29, 1.82) is 5.41 Å². The standard InChI is InChI=1S/C18H23F4N5O2/c1-3-5-10(23)13-11(24)6-7-27(12(13)4-2)17(28)9-8-26-16(14(19)15(9)25)29-18(20,21)22/h8,12,23H,3-7,24H2,1-2H3,(H2,25,26). The van der Waals surface area contributed by atoms with Crippen molar-refractivity contribution in [2.75, 3.05) is 12.3 Å². The fraction of sp³-hybridized carbons (Fsp3) is 0.500. The maximum atomic E-state index is 14.2. The van der Waals surface area contributed by atoms with Gasteiger partial charge in [-0.25, -0.2) is 4.98 Å². The fourth-order valence-corrected chi connectivity index (χ4v) is 3.34. The Labute approximate surface area is 165 Å². The number of aromatic nitrogens is 1. The van der Waals surface area contributed by atoms with Crippen LogP contribution in [0.4, 0.5) is 23.2 Å². The number of pyridine rings is 1.